The topological polar surface area (TPSA) is 14.1 Å². The van der Waals surface area contributed by atoms with Crippen molar-refractivity contribution >= 4 is 11.4 Å². The summed E-state index contributed by atoms with van der Waals surface area (Å²) in [6.07, 6.45) is -2.80. The minimum absolute atomic E-state index is 0.349. The van der Waals surface area contributed by atoms with Crippen molar-refractivity contribution in [3.8, 4) is 0 Å². The van der Waals surface area contributed by atoms with E-state index < -0.39 is 11.7 Å². The first-order valence-corrected chi connectivity index (χ1v) is 8.28. The maximum Gasteiger partial charge on any atom is 0.407 e. The van der Waals surface area contributed by atoms with Crippen molar-refractivity contribution < 1.29 is 13.2 Å². The molecule has 140 valence electrons. The summed E-state index contributed by atoms with van der Waals surface area (Å²) in [6, 6.07) is 4.00. The van der Waals surface area contributed by atoms with E-state index in [-0.39, 0.29) is 5.69 Å². The second kappa shape index (κ2) is 9.64. The van der Waals surface area contributed by atoms with Crippen LogP contribution in [0.5, 0.6) is 0 Å². The second-order valence-electron chi connectivity index (χ2n) is 6.61. The molecule has 0 fully saturated rings. The van der Waals surface area contributed by atoms with E-state index in [1.807, 2.05) is 33.1 Å². The molecule has 4 nitrogen and oxygen atoms in total. The molecule has 0 atom stereocenters. The smallest absolute Gasteiger partial charge is 0.372 e. The van der Waals surface area contributed by atoms with Gasteiger partial charge >= 0.3 is 6.18 Å². The van der Waals surface area contributed by atoms with Crippen LogP contribution in [-0.4, -0.2) is 64.2 Å². The molecular formula is C18H27F3N4. The third kappa shape index (κ3) is 7.32. The van der Waals surface area contributed by atoms with Gasteiger partial charge in [-0.2, -0.15) is 13.2 Å². The van der Waals surface area contributed by atoms with Crippen molar-refractivity contribution in [2.45, 2.75) is 19.0 Å². The van der Waals surface area contributed by atoms with Crippen molar-refractivity contribution in [1.29, 1.82) is 0 Å². The van der Waals surface area contributed by atoms with Crippen LogP contribution in [0, 0.1) is 6.57 Å². The van der Waals surface area contributed by atoms with E-state index >= 15 is 0 Å². The molecule has 1 aromatic carbocycles. The van der Waals surface area contributed by atoms with Crippen molar-refractivity contribution in [1.82, 2.24) is 9.80 Å². The van der Waals surface area contributed by atoms with Gasteiger partial charge in [0.05, 0.1) is 12.1 Å². The lowest BCUT2D eigenvalue weighted by Crippen LogP contribution is -2.30. The summed E-state index contributed by atoms with van der Waals surface area (Å²) in [5, 5.41) is 0. The minimum atomic E-state index is -4.52. The van der Waals surface area contributed by atoms with Gasteiger partial charge in [0.25, 0.3) is 0 Å². The zero-order valence-electron chi connectivity index (χ0n) is 15.4. The molecule has 0 unspecified atom stereocenters. The molecule has 0 amide bonds. The number of rotatable bonds is 9. The fraction of sp³-hybridized carbons (Fsp3) is 0.611. The summed E-state index contributed by atoms with van der Waals surface area (Å²) >= 11 is 0. The van der Waals surface area contributed by atoms with Gasteiger partial charge in [-0.05, 0) is 66.3 Å². The highest BCUT2D eigenvalue weighted by Crippen LogP contribution is 2.38. The molecule has 0 heterocycles. The Kier molecular flexibility index (Phi) is 8.20. The summed E-state index contributed by atoms with van der Waals surface area (Å²) in [5.74, 6) is 0. The van der Waals surface area contributed by atoms with Gasteiger partial charge in [0.15, 0.2) is 5.69 Å². The van der Waals surface area contributed by atoms with Gasteiger partial charge in [-0.3, -0.25) is 0 Å². The standard InChI is InChI=1S/C18H27F3N4/c1-22-17-9-8-15(14-16(17)18(19,20)21)25(12-6-10-23(2)3)13-7-11-24(4)5/h8-9,14H,6-7,10-13H2,2-5H3. The molecule has 0 aliphatic rings. The van der Waals surface area contributed by atoms with Gasteiger partial charge in [0.2, 0.25) is 0 Å². The van der Waals surface area contributed by atoms with Crippen LogP contribution in [0.3, 0.4) is 0 Å². The Labute approximate surface area is 148 Å². The molecule has 0 saturated heterocycles. The molecule has 0 saturated carbocycles. The van der Waals surface area contributed by atoms with Gasteiger partial charge in [0.1, 0.15) is 0 Å². The molecule has 1 aromatic rings. The van der Waals surface area contributed by atoms with Gasteiger partial charge in [-0.15, -0.1) is 0 Å². The van der Waals surface area contributed by atoms with Crippen LogP contribution < -0.4 is 4.90 Å². The summed E-state index contributed by atoms with van der Waals surface area (Å²) in [6.45, 7) is 10.1. The molecule has 25 heavy (non-hydrogen) atoms. The number of hydrogen-bond donors (Lipinski definition) is 0. The number of alkyl halides is 3. The quantitative estimate of drug-likeness (QED) is 0.622. The molecule has 0 radical (unpaired) electrons. The Bertz CT molecular complexity index is 563. The first kappa shape index (κ1) is 21.3. The Morgan fingerprint density at radius 1 is 0.920 bits per heavy atom. The van der Waals surface area contributed by atoms with E-state index in [0.717, 1.165) is 32.0 Å². The molecule has 0 aliphatic heterocycles. The first-order valence-electron chi connectivity index (χ1n) is 8.28. The molecule has 1 rings (SSSR count). The third-order valence-corrected chi connectivity index (χ3v) is 3.84. The summed E-state index contributed by atoms with van der Waals surface area (Å²) in [7, 11) is 7.90. The van der Waals surface area contributed by atoms with Crippen molar-refractivity contribution in [3.63, 3.8) is 0 Å². The molecule has 0 spiro atoms. The Morgan fingerprint density at radius 3 is 1.84 bits per heavy atom. The van der Waals surface area contributed by atoms with E-state index in [2.05, 4.69) is 14.6 Å². The van der Waals surface area contributed by atoms with Crippen LogP contribution in [0.25, 0.3) is 4.85 Å². The highest BCUT2D eigenvalue weighted by Gasteiger charge is 2.34. The number of nitrogens with zero attached hydrogens (tertiary/aromatic N) is 4. The van der Waals surface area contributed by atoms with Crippen molar-refractivity contribution in [3.05, 3.63) is 35.2 Å². The van der Waals surface area contributed by atoms with Crippen LogP contribution in [0.15, 0.2) is 18.2 Å². The molecule has 0 aliphatic carbocycles. The zero-order chi connectivity index (χ0) is 19.0. The highest BCUT2D eigenvalue weighted by atomic mass is 19.4. The van der Waals surface area contributed by atoms with Gasteiger partial charge in [-0.25, -0.2) is 4.85 Å². The van der Waals surface area contributed by atoms with E-state index in [9.17, 15) is 13.2 Å². The largest absolute Gasteiger partial charge is 0.407 e. The lowest BCUT2D eigenvalue weighted by Gasteiger charge is -2.27. The summed E-state index contributed by atoms with van der Waals surface area (Å²) in [5.41, 5.74) is -0.680. The SMILES string of the molecule is [C-]#[N+]c1ccc(N(CCCN(C)C)CCCN(C)C)cc1C(F)(F)F. The highest BCUT2D eigenvalue weighted by molar-refractivity contribution is 5.62. The number of halogens is 3. The van der Waals surface area contributed by atoms with Gasteiger partial charge in [-0.1, -0.05) is 6.07 Å². The molecule has 7 heteroatoms. The molecule has 0 aromatic heterocycles. The number of hydrogen-bond acceptors (Lipinski definition) is 3. The monoisotopic (exact) mass is 356 g/mol. The van der Waals surface area contributed by atoms with Crippen LogP contribution in [0.2, 0.25) is 0 Å². The maximum atomic E-state index is 13.2. The average molecular weight is 356 g/mol. The molecular weight excluding hydrogens is 329 g/mol. The minimum Gasteiger partial charge on any atom is -0.372 e. The third-order valence-electron chi connectivity index (χ3n) is 3.84. The van der Waals surface area contributed by atoms with Gasteiger partial charge < -0.3 is 14.7 Å². The molecule has 0 bridgehead atoms. The first-order chi connectivity index (χ1) is 11.6. The predicted molar refractivity (Wildman–Crippen MR) is 96.3 cm³/mol. The van der Waals surface area contributed by atoms with E-state index in [0.29, 0.717) is 18.8 Å². The Balaban J connectivity index is 3.00. The fourth-order valence-electron chi connectivity index (χ4n) is 2.57. The van der Waals surface area contributed by atoms with E-state index in [1.165, 1.54) is 6.07 Å². The van der Waals surface area contributed by atoms with E-state index in [1.54, 1.807) is 6.07 Å². The van der Waals surface area contributed by atoms with Crippen LogP contribution >= 0.6 is 0 Å². The van der Waals surface area contributed by atoms with Crippen molar-refractivity contribution in [2.24, 2.45) is 0 Å². The summed E-state index contributed by atoms with van der Waals surface area (Å²) < 4.78 is 39.7. The van der Waals surface area contributed by atoms with Crippen LogP contribution in [-0.2, 0) is 6.18 Å². The lowest BCUT2D eigenvalue weighted by molar-refractivity contribution is -0.136. The van der Waals surface area contributed by atoms with Crippen LogP contribution in [0.4, 0.5) is 24.5 Å². The fourth-order valence-corrected chi connectivity index (χ4v) is 2.57. The molecule has 0 N–H and O–H groups in total. The summed E-state index contributed by atoms with van der Waals surface area (Å²) in [4.78, 5) is 9.10. The predicted octanol–water partition coefficient (Wildman–Crippen LogP) is 3.97. The van der Waals surface area contributed by atoms with Crippen LogP contribution in [0.1, 0.15) is 18.4 Å². The van der Waals surface area contributed by atoms with E-state index in [4.69, 9.17) is 6.57 Å². The Morgan fingerprint density at radius 2 is 1.44 bits per heavy atom. The number of benzene rings is 1. The zero-order valence-corrected chi connectivity index (χ0v) is 15.4. The average Bonchev–Trinajstić information content (AvgIpc) is 2.51. The van der Waals surface area contributed by atoms with Gasteiger partial charge in [0, 0.05) is 18.8 Å². The second-order valence-corrected chi connectivity index (χ2v) is 6.61. The van der Waals surface area contributed by atoms with Crippen molar-refractivity contribution in [2.75, 3.05) is 59.3 Å². The lowest BCUT2D eigenvalue weighted by atomic mass is 10.1. The maximum absolute atomic E-state index is 13.2. The Hall–Kier alpha value is -1.78. The number of anilines is 1. The normalized spacial score (nSPS) is 11.8.